The molecule has 0 aromatic heterocycles. The summed E-state index contributed by atoms with van der Waals surface area (Å²) >= 11 is 0. The number of aliphatic imine (C=N–C) groups is 1. The molecule has 0 fully saturated rings. The van der Waals surface area contributed by atoms with Crippen LogP contribution in [0.1, 0.15) is 81.2 Å². The maximum atomic E-state index is 4.99. The van der Waals surface area contributed by atoms with Gasteiger partial charge in [-0.3, -0.25) is 4.99 Å². The van der Waals surface area contributed by atoms with Crippen LogP contribution >= 0.6 is 0 Å². The van der Waals surface area contributed by atoms with Crippen molar-refractivity contribution in [2.75, 3.05) is 0 Å². The van der Waals surface area contributed by atoms with Crippen LogP contribution in [0.15, 0.2) is 94.5 Å². The summed E-state index contributed by atoms with van der Waals surface area (Å²) in [5.41, 5.74) is 13.3. The van der Waals surface area contributed by atoms with Gasteiger partial charge in [-0.1, -0.05) is 100 Å². The van der Waals surface area contributed by atoms with E-state index in [2.05, 4.69) is 126 Å². The average Bonchev–Trinajstić information content (AvgIpc) is 2.92. The van der Waals surface area contributed by atoms with E-state index < -0.39 is 0 Å². The second-order valence-corrected chi connectivity index (χ2v) is 9.62. The molecule has 1 N–H and O–H groups in total. The Morgan fingerprint density at radius 2 is 1.32 bits per heavy atom. The van der Waals surface area contributed by atoms with E-state index in [9.17, 15) is 0 Å². The van der Waals surface area contributed by atoms with Crippen LogP contribution in [0.2, 0.25) is 0 Å². The lowest BCUT2D eigenvalue weighted by Gasteiger charge is -2.21. The third-order valence-corrected chi connectivity index (χ3v) is 7.18. The maximum absolute atomic E-state index is 4.99. The highest BCUT2D eigenvalue weighted by Crippen LogP contribution is 2.34. The smallest absolute Gasteiger partial charge is 0.0688 e. The van der Waals surface area contributed by atoms with E-state index in [0.717, 1.165) is 44.5 Å². The minimum Gasteiger partial charge on any atom is -0.309 e. The number of benzene rings is 3. The topological polar surface area (TPSA) is 24.4 Å². The summed E-state index contributed by atoms with van der Waals surface area (Å²) in [7, 11) is 0. The van der Waals surface area contributed by atoms with Gasteiger partial charge >= 0.3 is 0 Å². The number of hydrogen-bond donors (Lipinski definition) is 1. The van der Waals surface area contributed by atoms with Gasteiger partial charge in [0.05, 0.1) is 5.69 Å². The van der Waals surface area contributed by atoms with Crippen molar-refractivity contribution in [2.45, 2.75) is 80.3 Å². The van der Waals surface area contributed by atoms with E-state index in [1.54, 1.807) is 0 Å². The standard InChI is InChI=1S/C35H44N2/c1-7-29(25-37-35-26(5)17-16-18-27(35)6)31(8-2)32(9-3)33(10-4)34-22-15-14-21-30(34)24-36-23-28-19-12-11-13-20-28/h11-22,25,36H,7-10,23-24H2,1-6H3/b31-29-,33-32+,37-25?. The van der Waals surface area contributed by atoms with Crippen molar-refractivity contribution in [3.8, 4) is 0 Å². The predicted molar refractivity (Wildman–Crippen MR) is 163 cm³/mol. The van der Waals surface area contributed by atoms with Gasteiger partial charge in [-0.15, -0.1) is 0 Å². The first-order valence-electron chi connectivity index (χ1n) is 13.9. The number of aryl methyl sites for hydroxylation is 2. The van der Waals surface area contributed by atoms with Crippen molar-refractivity contribution < 1.29 is 0 Å². The zero-order chi connectivity index (χ0) is 26.6. The predicted octanol–water partition coefficient (Wildman–Crippen LogP) is 9.69. The fraction of sp³-hybridized carbons (Fsp3) is 0.343. The highest BCUT2D eigenvalue weighted by Gasteiger charge is 2.15. The third kappa shape index (κ3) is 7.40. The molecular weight excluding hydrogens is 448 g/mol. The molecule has 3 aromatic rings. The SMILES string of the molecule is CC/C(C=Nc1c(C)cccc1C)=C(CC)/C(CC)=C(\CC)c1ccccc1CNCc1ccccc1. The van der Waals surface area contributed by atoms with Crippen molar-refractivity contribution in [3.05, 3.63) is 117 Å². The van der Waals surface area contributed by atoms with Crippen LogP contribution in [0.4, 0.5) is 5.69 Å². The Kier molecular flexibility index (Phi) is 11.1. The fourth-order valence-corrected chi connectivity index (χ4v) is 5.25. The quantitative estimate of drug-likeness (QED) is 0.197. The van der Waals surface area contributed by atoms with Crippen LogP contribution in [0, 0.1) is 13.8 Å². The Bertz CT molecular complexity index is 1230. The number of rotatable bonds is 12. The second-order valence-electron chi connectivity index (χ2n) is 9.62. The molecule has 0 saturated carbocycles. The molecule has 0 atom stereocenters. The highest BCUT2D eigenvalue weighted by molar-refractivity contribution is 5.86. The van der Waals surface area contributed by atoms with Gasteiger partial charge in [0.15, 0.2) is 0 Å². The van der Waals surface area contributed by atoms with Crippen molar-refractivity contribution in [1.82, 2.24) is 5.32 Å². The molecule has 2 heteroatoms. The third-order valence-electron chi connectivity index (χ3n) is 7.18. The first kappa shape index (κ1) is 28.3. The highest BCUT2D eigenvalue weighted by atomic mass is 14.8. The van der Waals surface area contributed by atoms with Gasteiger partial charge in [-0.25, -0.2) is 0 Å². The Balaban J connectivity index is 2.00. The Morgan fingerprint density at radius 3 is 1.95 bits per heavy atom. The molecule has 0 spiro atoms. The number of para-hydroxylation sites is 1. The summed E-state index contributed by atoms with van der Waals surface area (Å²) in [6, 6.07) is 25.9. The van der Waals surface area contributed by atoms with Crippen molar-refractivity contribution in [2.24, 2.45) is 4.99 Å². The lowest BCUT2D eigenvalue weighted by atomic mass is 9.85. The van der Waals surface area contributed by atoms with Crippen molar-refractivity contribution in [1.29, 1.82) is 0 Å². The van der Waals surface area contributed by atoms with Gasteiger partial charge in [-0.2, -0.15) is 0 Å². The fourth-order valence-electron chi connectivity index (χ4n) is 5.25. The maximum Gasteiger partial charge on any atom is 0.0688 e. The lowest BCUT2D eigenvalue weighted by molar-refractivity contribution is 0.692. The summed E-state index contributed by atoms with van der Waals surface area (Å²) in [5.74, 6) is 0. The van der Waals surface area contributed by atoms with E-state index in [4.69, 9.17) is 4.99 Å². The molecule has 0 amide bonds. The van der Waals surface area contributed by atoms with Crippen LogP contribution in [0.5, 0.6) is 0 Å². The molecule has 0 aliphatic heterocycles. The van der Waals surface area contributed by atoms with Crippen molar-refractivity contribution in [3.63, 3.8) is 0 Å². The van der Waals surface area contributed by atoms with Gasteiger partial charge in [0.1, 0.15) is 0 Å². The number of nitrogens with zero attached hydrogens (tertiary/aromatic N) is 1. The normalized spacial score (nSPS) is 13.0. The Labute approximate surface area is 225 Å². The lowest BCUT2D eigenvalue weighted by Crippen LogP contribution is -2.14. The molecule has 0 saturated heterocycles. The molecular formula is C35H44N2. The largest absolute Gasteiger partial charge is 0.309 e. The second kappa shape index (κ2) is 14.5. The van der Waals surface area contributed by atoms with Gasteiger partial charge < -0.3 is 5.32 Å². The Hall–Kier alpha value is -3.23. The summed E-state index contributed by atoms with van der Waals surface area (Å²) in [6.45, 7) is 15.1. The number of hydrogen-bond acceptors (Lipinski definition) is 2. The molecule has 3 aromatic carbocycles. The number of allylic oxidation sites excluding steroid dienone is 4. The molecule has 0 radical (unpaired) electrons. The van der Waals surface area contributed by atoms with E-state index in [1.165, 1.54) is 50.1 Å². The first-order valence-corrected chi connectivity index (χ1v) is 13.9. The minimum atomic E-state index is 0.853. The van der Waals surface area contributed by atoms with Crippen LogP contribution < -0.4 is 5.32 Å². The van der Waals surface area contributed by atoms with Gasteiger partial charge in [0, 0.05) is 19.3 Å². The molecule has 0 heterocycles. The van der Waals surface area contributed by atoms with Crippen LogP contribution in [0.25, 0.3) is 5.57 Å². The van der Waals surface area contributed by atoms with Gasteiger partial charge in [0.2, 0.25) is 0 Å². The summed E-state index contributed by atoms with van der Waals surface area (Å²) in [6.07, 6.45) is 6.12. The summed E-state index contributed by atoms with van der Waals surface area (Å²) < 4.78 is 0. The monoisotopic (exact) mass is 492 g/mol. The molecule has 2 nitrogen and oxygen atoms in total. The molecule has 37 heavy (non-hydrogen) atoms. The van der Waals surface area contributed by atoms with E-state index in [1.807, 2.05) is 0 Å². The Morgan fingerprint density at radius 1 is 0.676 bits per heavy atom. The molecule has 0 bridgehead atoms. The summed E-state index contributed by atoms with van der Waals surface area (Å²) in [4.78, 5) is 4.99. The van der Waals surface area contributed by atoms with E-state index in [-0.39, 0.29) is 0 Å². The average molecular weight is 493 g/mol. The number of nitrogens with one attached hydrogen (secondary N) is 1. The minimum absolute atomic E-state index is 0.853. The zero-order valence-corrected chi connectivity index (χ0v) is 23.7. The van der Waals surface area contributed by atoms with Crippen LogP contribution in [-0.4, -0.2) is 6.21 Å². The van der Waals surface area contributed by atoms with Crippen LogP contribution in [0.3, 0.4) is 0 Å². The van der Waals surface area contributed by atoms with E-state index >= 15 is 0 Å². The molecule has 0 aliphatic carbocycles. The molecule has 194 valence electrons. The molecule has 3 rings (SSSR count). The van der Waals surface area contributed by atoms with Crippen LogP contribution in [-0.2, 0) is 13.1 Å². The summed E-state index contributed by atoms with van der Waals surface area (Å²) in [5, 5.41) is 3.66. The van der Waals surface area contributed by atoms with E-state index in [0.29, 0.717) is 0 Å². The van der Waals surface area contributed by atoms with Gasteiger partial charge in [-0.05, 0) is 89.6 Å². The molecule has 0 unspecified atom stereocenters. The zero-order valence-electron chi connectivity index (χ0n) is 23.7. The van der Waals surface area contributed by atoms with Crippen molar-refractivity contribution >= 4 is 17.5 Å². The molecule has 0 aliphatic rings. The first-order chi connectivity index (χ1) is 18.0. The van der Waals surface area contributed by atoms with Gasteiger partial charge in [0.25, 0.3) is 0 Å².